The number of benzene rings is 1. The Bertz CT molecular complexity index is 1220. The molecule has 3 aromatic rings. The molecule has 0 bridgehead atoms. The minimum Gasteiger partial charge on any atom is -0.346 e. The Morgan fingerprint density at radius 3 is 2.43 bits per heavy atom. The number of amides is 2. The summed E-state index contributed by atoms with van der Waals surface area (Å²) in [5.74, 6) is 0.490. The summed E-state index contributed by atoms with van der Waals surface area (Å²) in [6.45, 7) is 8.39. The molecule has 2 amide bonds. The zero-order valence-electron chi connectivity index (χ0n) is 21.1. The van der Waals surface area contributed by atoms with E-state index in [2.05, 4.69) is 53.0 Å². The highest BCUT2D eigenvalue weighted by molar-refractivity contribution is 5.89. The number of carbonyl (C=O) groups is 2. The van der Waals surface area contributed by atoms with E-state index in [0.717, 1.165) is 48.7 Å². The van der Waals surface area contributed by atoms with Gasteiger partial charge in [0, 0.05) is 50.9 Å². The van der Waals surface area contributed by atoms with Crippen LogP contribution in [-0.2, 0) is 21.4 Å². The van der Waals surface area contributed by atoms with Crippen molar-refractivity contribution in [3.05, 3.63) is 65.0 Å². The molecule has 2 aliphatic rings. The first-order valence-electron chi connectivity index (χ1n) is 12.9. The molecule has 6 heteroatoms. The summed E-state index contributed by atoms with van der Waals surface area (Å²) in [5.41, 5.74) is 5.17. The lowest BCUT2D eigenvalue weighted by Crippen LogP contribution is -2.48. The molecular formula is C29H36N4O2. The number of nitrogens with one attached hydrogen (secondary N) is 1. The third-order valence-electron chi connectivity index (χ3n) is 7.95. The number of rotatable bonds is 4. The SMILES string of the molecule is CC(=O)N1CCN(C(=O)C2(c3cc(C)cc(C)c3)CCCC2)CC(Cc2cnc3[nH]ccc3c2)C1. The van der Waals surface area contributed by atoms with Crippen molar-refractivity contribution in [2.24, 2.45) is 5.92 Å². The van der Waals surface area contributed by atoms with Crippen LogP contribution in [0.3, 0.4) is 0 Å². The summed E-state index contributed by atoms with van der Waals surface area (Å²) < 4.78 is 0. The first kappa shape index (κ1) is 23.6. The largest absolute Gasteiger partial charge is 0.346 e. The molecule has 1 saturated heterocycles. The zero-order valence-corrected chi connectivity index (χ0v) is 21.1. The molecule has 5 rings (SSSR count). The predicted octanol–water partition coefficient (Wildman–Crippen LogP) is 4.54. The van der Waals surface area contributed by atoms with Gasteiger partial charge in [-0.25, -0.2) is 4.98 Å². The fourth-order valence-electron chi connectivity index (χ4n) is 6.29. The van der Waals surface area contributed by atoms with Crippen LogP contribution in [0.5, 0.6) is 0 Å². The number of hydrogen-bond donors (Lipinski definition) is 1. The third-order valence-corrected chi connectivity index (χ3v) is 7.95. The summed E-state index contributed by atoms with van der Waals surface area (Å²) in [6.07, 6.45) is 8.58. The molecule has 1 unspecified atom stereocenters. The van der Waals surface area contributed by atoms with Crippen LogP contribution in [0.1, 0.15) is 54.9 Å². The Balaban J connectivity index is 1.44. The van der Waals surface area contributed by atoms with Crippen LogP contribution >= 0.6 is 0 Å². The van der Waals surface area contributed by atoms with E-state index in [0.29, 0.717) is 26.2 Å². The predicted molar refractivity (Wildman–Crippen MR) is 138 cm³/mol. The Labute approximate surface area is 207 Å². The van der Waals surface area contributed by atoms with Crippen molar-refractivity contribution in [1.82, 2.24) is 19.8 Å². The lowest BCUT2D eigenvalue weighted by molar-refractivity contribution is -0.138. The number of aryl methyl sites for hydroxylation is 2. The highest BCUT2D eigenvalue weighted by Gasteiger charge is 2.46. The number of pyridine rings is 1. The van der Waals surface area contributed by atoms with E-state index in [4.69, 9.17) is 0 Å². The second-order valence-corrected chi connectivity index (χ2v) is 10.7. The number of aromatic nitrogens is 2. The fraction of sp³-hybridized carbons (Fsp3) is 0.483. The maximum Gasteiger partial charge on any atom is 0.233 e. The second-order valence-electron chi connectivity index (χ2n) is 10.7. The van der Waals surface area contributed by atoms with Gasteiger partial charge in [0.15, 0.2) is 0 Å². The monoisotopic (exact) mass is 472 g/mol. The average Bonchev–Trinajstić information content (AvgIpc) is 3.44. The van der Waals surface area contributed by atoms with Crippen LogP contribution in [0.4, 0.5) is 0 Å². The number of fused-ring (bicyclic) bond motifs is 1. The fourth-order valence-corrected chi connectivity index (χ4v) is 6.29. The van der Waals surface area contributed by atoms with Crippen molar-refractivity contribution in [2.75, 3.05) is 26.2 Å². The lowest BCUT2D eigenvalue weighted by Gasteiger charge is -2.36. The Morgan fingerprint density at radius 2 is 1.71 bits per heavy atom. The highest BCUT2D eigenvalue weighted by Crippen LogP contribution is 2.43. The standard InChI is InChI=1S/C29H36N4O2/c1-20-12-21(2)14-26(13-20)29(7-4-5-8-29)28(35)33-11-10-32(22(3)34)18-24(19-33)15-23-16-25-6-9-30-27(25)31-17-23/h6,9,12-14,16-17,24H,4-5,7-8,10-11,15,18-19H2,1-3H3,(H,30,31). The molecule has 0 radical (unpaired) electrons. The minimum atomic E-state index is -0.446. The van der Waals surface area contributed by atoms with Crippen molar-refractivity contribution in [3.63, 3.8) is 0 Å². The van der Waals surface area contributed by atoms with Gasteiger partial charge in [-0.05, 0) is 62.3 Å². The molecular weight excluding hydrogens is 436 g/mol. The molecule has 1 atom stereocenters. The van der Waals surface area contributed by atoms with E-state index in [1.807, 2.05) is 23.4 Å². The van der Waals surface area contributed by atoms with Crippen molar-refractivity contribution in [2.45, 2.75) is 58.3 Å². The molecule has 2 aromatic heterocycles. The van der Waals surface area contributed by atoms with Crippen LogP contribution in [0, 0.1) is 19.8 Å². The van der Waals surface area contributed by atoms with Gasteiger partial charge in [0.2, 0.25) is 11.8 Å². The Hall–Kier alpha value is -3.15. The number of hydrogen-bond acceptors (Lipinski definition) is 3. The summed E-state index contributed by atoms with van der Waals surface area (Å²) in [5, 5.41) is 1.09. The summed E-state index contributed by atoms with van der Waals surface area (Å²) in [7, 11) is 0. The minimum absolute atomic E-state index is 0.0772. The molecule has 6 nitrogen and oxygen atoms in total. The zero-order chi connectivity index (χ0) is 24.6. The van der Waals surface area contributed by atoms with Gasteiger partial charge in [-0.1, -0.05) is 42.2 Å². The maximum absolute atomic E-state index is 14.3. The molecule has 1 aliphatic heterocycles. The van der Waals surface area contributed by atoms with Gasteiger partial charge in [0.05, 0.1) is 5.41 Å². The Morgan fingerprint density at radius 1 is 1.03 bits per heavy atom. The van der Waals surface area contributed by atoms with Gasteiger partial charge in [-0.2, -0.15) is 0 Å². The highest BCUT2D eigenvalue weighted by atomic mass is 16.2. The van der Waals surface area contributed by atoms with Gasteiger partial charge in [-0.15, -0.1) is 0 Å². The average molecular weight is 473 g/mol. The summed E-state index contributed by atoms with van der Waals surface area (Å²) >= 11 is 0. The Kier molecular flexibility index (Phi) is 6.39. The molecule has 184 valence electrons. The van der Waals surface area contributed by atoms with E-state index < -0.39 is 5.41 Å². The van der Waals surface area contributed by atoms with Gasteiger partial charge in [0.25, 0.3) is 0 Å². The van der Waals surface area contributed by atoms with Crippen LogP contribution in [0.25, 0.3) is 11.0 Å². The molecule has 35 heavy (non-hydrogen) atoms. The molecule has 0 spiro atoms. The van der Waals surface area contributed by atoms with E-state index in [1.54, 1.807) is 6.92 Å². The molecule has 1 aliphatic carbocycles. The first-order chi connectivity index (χ1) is 16.8. The van der Waals surface area contributed by atoms with Gasteiger partial charge >= 0.3 is 0 Å². The second kappa shape index (κ2) is 9.48. The van der Waals surface area contributed by atoms with Gasteiger partial charge in [0.1, 0.15) is 5.65 Å². The number of aromatic amines is 1. The van der Waals surface area contributed by atoms with E-state index >= 15 is 0 Å². The van der Waals surface area contributed by atoms with Crippen LogP contribution < -0.4 is 0 Å². The molecule has 3 heterocycles. The van der Waals surface area contributed by atoms with Gasteiger partial charge in [-0.3, -0.25) is 9.59 Å². The number of carbonyl (C=O) groups excluding carboxylic acids is 2. The first-order valence-corrected chi connectivity index (χ1v) is 12.9. The van der Waals surface area contributed by atoms with Crippen molar-refractivity contribution in [3.8, 4) is 0 Å². The molecule has 2 fully saturated rings. The lowest BCUT2D eigenvalue weighted by atomic mass is 9.76. The van der Waals surface area contributed by atoms with Crippen molar-refractivity contribution < 1.29 is 9.59 Å². The van der Waals surface area contributed by atoms with Crippen LogP contribution in [0.15, 0.2) is 42.7 Å². The topological polar surface area (TPSA) is 69.3 Å². The van der Waals surface area contributed by atoms with Crippen LogP contribution in [-0.4, -0.2) is 57.8 Å². The van der Waals surface area contributed by atoms with E-state index in [-0.39, 0.29) is 17.7 Å². The van der Waals surface area contributed by atoms with Gasteiger partial charge < -0.3 is 14.8 Å². The number of nitrogens with zero attached hydrogens (tertiary/aromatic N) is 3. The maximum atomic E-state index is 14.3. The van der Waals surface area contributed by atoms with E-state index in [1.165, 1.54) is 16.7 Å². The summed E-state index contributed by atoms with van der Waals surface area (Å²) in [6, 6.07) is 10.8. The van der Waals surface area contributed by atoms with Crippen LogP contribution in [0.2, 0.25) is 0 Å². The quantitative estimate of drug-likeness (QED) is 0.606. The van der Waals surface area contributed by atoms with E-state index in [9.17, 15) is 9.59 Å². The molecule has 1 saturated carbocycles. The summed E-state index contributed by atoms with van der Waals surface area (Å²) in [4.78, 5) is 38.4. The smallest absolute Gasteiger partial charge is 0.233 e. The van der Waals surface area contributed by atoms with Crippen molar-refractivity contribution in [1.29, 1.82) is 0 Å². The normalized spacial score (nSPS) is 20.3. The third kappa shape index (κ3) is 4.71. The molecule has 1 aromatic carbocycles. The number of H-pyrrole nitrogens is 1. The molecule has 1 N–H and O–H groups in total. The van der Waals surface area contributed by atoms with Crippen molar-refractivity contribution >= 4 is 22.8 Å².